The first-order valence-corrected chi connectivity index (χ1v) is 9.21. The Kier molecular flexibility index (Phi) is 6.70. The van der Waals surface area contributed by atoms with Crippen molar-refractivity contribution < 1.29 is 9.59 Å². The molecule has 0 radical (unpaired) electrons. The van der Waals surface area contributed by atoms with E-state index >= 15 is 0 Å². The van der Waals surface area contributed by atoms with Gasteiger partial charge in [0.05, 0.1) is 11.9 Å². The number of anilines is 1. The molecule has 1 aliphatic rings. The second kappa shape index (κ2) is 8.76. The summed E-state index contributed by atoms with van der Waals surface area (Å²) in [5.74, 6) is 0.727. The molecule has 0 aliphatic carbocycles. The highest BCUT2D eigenvalue weighted by Gasteiger charge is 2.27. The molecule has 1 fully saturated rings. The van der Waals surface area contributed by atoms with Crippen LogP contribution < -0.4 is 10.2 Å². The van der Waals surface area contributed by atoms with Crippen LogP contribution in [0, 0.1) is 0 Å². The van der Waals surface area contributed by atoms with Crippen LogP contribution >= 0.6 is 11.8 Å². The molecule has 1 saturated heterocycles. The Morgan fingerprint density at radius 1 is 1.35 bits per heavy atom. The van der Waals surface area contributed by atoms with Gasteiger partial charge in [-0.25, -0.2) is 0 Å². The standard InChI is InChI=1S/C16H24N4O2S/c1-13(21)18-15(5-11-23-2)16(22)20-9-7-19(8-10-20)14-4-3-6-17-12-14/h3-4,6,12,15H,5,7-11H2,1-2H3,(H,18,21)/t15-/m0/s1. The third-order valence-corrected chi connectivity index (χ3v) is 4.53. The number of pyridine rings is 1. The van der Waals surface area contributed by atoms with Crippen molar-refractivity contribution in [1.29, 1.82) is 0 Å². The van der Waals surface area contributed by atoms with E-state index < -0.39 is 6.04 Å². The summed E-state index contributed by atoms with van der Waals surface area (Å²) in [5, 5.41) is 2.79. The Hall–Kier alpha value is -1.76. The van der Waals surface area contributed by atoms with Gasteiger partial charge in [0.2, 0.25) is 11.8 Å². The van der Waals surface area contributed by atoms with Gasteiger partial charge in [0, 0.05) is 39.3 Å². The number of nitrogens with zero attached hydrogens (tertiary/aromatic N) is 3. The lowest BCUT2D eigenvalue weighted by atomic mass is 10.1. The van der Waals surface area contributed by atoms with E-state index in [1.165, 1.54) is 6.92 Å². The summed E-state index contributed by atoms with van der Waals surface area (Å²) in [4.78, 5) is 32.2. The molecule has 6 nitrogen and oxygen atoms in total. The van der Waals surface area contributed by atoms with E-state index in [0.29, 0.717) is 19.5 Å². The average molecular weight is 336 g/mol. The highest BCUT2D eigenvalue weighted by atomic mass is 32.2. The first-order chi connectivity index (χ1) is 11.1. The van der Waals surface area contributed by atoms with E-state index in [4.69, 9.17) is 0 Å². The van der Waals surface area contributed by atoms with Gasteiger partial charge in [-0.05, 0) is 30.6 Å². The minimum absolute atomic E-state index is 0.0279. The number of rotatable bonds is 6. The van der Waals surface area contributed by atoms with E-state index in [-0.39, 0.29) is 11.8 Å². The Balaban J connectivity index is 1.91. The van der Waals surface area contributed by atoms with Crippen molar-refractivity contribution in [1.82, 2.24) is 15.2 Å². The molecule has 126 valence electrons. The molecular weight excluding hydrogens is 312 g/mol. The molecule has 7 heteroatoms. The fourth-order valence-electron chi connectivity index (χ4n) is 2.68. The minimum atomic E-state index is -0.412. The molecule has 1 aromatic rings. The van der Waals surface area contributed by atoms with Crippen LogP contribution in [0.15, 0.2) is 24.5 Å². The predicted octanol–water partition coefficient (Wildman–Crippen LogP) is 0.988. The lowest BCUT2D eigenvalue weighted by Gasteiger charge is -2.37. The molecular formula is C16H24N4O2S. The van der Waals surface area contributed by atoms with Gasteiger partial charge in [0.1, 0.15) is 6.04 Å². The predicted molar refractivity (Wildman–Crippen MR) is 93.6 cm³/mol. The summed E-state index contributed by atoms with van der Waals surface area (Å²) < 4.78 is 0. The van der Waals surface area contributed by atoms with Crippen LogP contribution in [0.2, 0.25) is 0 Å². The number of piperazine rings is 1. The van der Waals surface area contributed by atoms with Crippen LogP contribution in [0.5, 0.6) is 0 Å². The third kappa shape index (κ3) is 5.13. The van der Waals surface area contributed by atoms with Crippen LogP contribution in [-0.4, -0.2) is 65.9 Å². The maximum atomic E-state index is 12.7. The SMILES string of the molecule is CSCC[C@H](NC(C)=O)C(=O)N1CCN(c2cccnc2)CC1. The van der Waals surface area contributed by atoms with Crippen LogP contribution in [0.1, 0.15) is 13.3 Å². The normalized spacial score (nSPS) is 16.1. The summed E-state index contributed by atoms with van der Waals surface area (Å²) in [6, 6.07) is 3.54. The average Bonchev–Trinajstić information content (AvgIpc) is 2.58. The third-order valence-electron chi connectivity index (χ3n) is 3.89. The topological polar surface area (TPSA) is 65.5 Å². The lowest BCUT2D eigenvalue weighted by Crippen LogP contribution is -2.55. The number of nitrogens with one attached hydrogen (secondary N) is 1. The van der Waals surface area contributed by atoms with Crippen molar-refractivity contribution in [3.05, 3.63) is 24.5 Å². The summed E-state index contributed by atoms with van der Waals surface area (Å²) in [6.07, 6.45) is 6.27. The first kappa shape index (κ1) is 17.6. The zero-order chi connectivity index (χ0) is 16.7. The largest absolute Gasteiger partial charge is 0.367 e. The van der Waals surface area contributed by atoms with Crippen molar-refractivity contribution in [2.75, 3.05) is 43.1 Å². The van der Waals surface area contributed by atoms with Gasteiger partial charge in [0.25, 0.3) is 0 Å². The van der Waals surface area contributed by atoms with Gasteiger partial charge in [-0.3, -0.25) is 14.6 Å². The maximum absolute atomic E-state index is 12.7. The van der Waals surface area contributed by atoms with Crippen LogP contribution in [0.25, 0.3) is 0 Å². The number of amides is 2. The van der Waals surface area contributed by atoms with Gasteiger partial charge in [-0.1, -0.05) is 0 Å². The molecule has 1 aromatic heterocycles. The number of aromatic nitrogens is 1. The highest BCUT2D eigenvalue weighted by Crippen LogP contribution is 2.15. The van der Waals surface area contributed by atoms with Crippen LogP contribution in [-0.2, 0) is 9.59 Å². The quantitative estimate of drug-likeness (QED) is 0.839. The smallest absolute Gasteiger partial charge is 0.245 e. The molecule has 0 unspecified atom stereocenters. The summed E-state index contributed by atoms with van der Waals surface area (Å²) >= 11 is 1.68. The van der Waals surface area contributed by atoms with Crippen molar-refractivity contribution in [2.45, 2.75) is 19.4 Å². The van der Waals surface area contributed by atoms with Gasteiger partial charge in [-0.15, -0.1) is 0 Å². The second-order valence-corrected chi connectivity index (χ2v) is 6.54. The number of carbonyl (C=O) groups excluding carboxylic acids is 2. The van der Waals surface area contributed by atoms with Crippen molar-refractivity contribution in [3.63, 3.8) is 0 Å². The Morgan fingerprint density at radius 3 is 2.65 bits per heavy atom. The van der Waals surface area contributed by atoms with E-state index in [9.17, 15) is 9.59 Å². The van der Waals surface area contributed by atoms with E-state index in [2.05, 4.69) is 15.2 Å². The number of hydrogen-bond acceptors (Lipinski definition) is 5. The molecule has 0 aromatic carbocycles. The number of thioether (sulfide) groups is 1. The Morgan fingerprint density at radius 2 is 2.09 bits per heavy atom. The molecule has 2 rings (SSSR count). The monoisotopic (exact) mass is 336 g/mol. The van der Waals surface area contributed by atoms with Gasteiger partial charge in [-0.2, -0.15) is 11.8 Å². The van der Waals surface area contributed by atoms with E-state index in [1.807, 2.05) is 29.5 Å². The summed E-state index contributed by atoms with van der Waals surface area (Å²) in [5.41, 5.74) is 1.08. The fraction of sp³-hybridized carbons (Fsp3) is 0.562. The van der Waals surface area contributed by atoms with Crippen LogP contribution in [0.3, 0.4) is 0 Å². The van der Waals surface area contributed by atoms with Gasteiger partial charge < -0.3 is 15.1 Å². The summed E-state index contributed by atoms with van der Waals surface area (Å²) in [7, 11) is 0. The van der Waals surface area contributed by atoms with Gasteiger partial charge in [0.15, 0.2) is 0 Å². The molecule has 2 amide bonds. The van der Waals surface area contributed by atoms with E-state index in [1.54, 1.807) is 18.0 Å². The molecule has 0 saturated carbocycles. The van der Waals surface area contributed by atoms with Crippen molar-refractivity contribution in [2.24, 2.45) is 0 Å². The first-order valence-electron chi connectivity index (χ1n) is 7.81. The second-order valence-electron chi connectivity index (χ2n) is 5.56. The molecule has 2 heterocycles. The van der Waals surface area contributed by atoms with Crippen molar-refractivity contribution >= 4 is 29.3 Å². The number of carbonyl (C=O) groups is 2. The van der Waals surface area contributed by atoms with E-state index in [0.717, 1.165) is 24.5 Å². The summed E-state index contributed by atoms with van der Waals surface area (Å²) in [6.45, 7) is 4.37. The highest BCUT2D eigenvalue weighted by molar-refractivity contribution is 7.98. The van der Waals surface area contributed by atoms with Crippen LogP contribution in [0.4, 0.5) is 5.69 Å². The van der Waals surface area contributed by atoms with Gasteiger partial charge >= 0.3 is 0 Å². The molecule has 23 heavy (non-hydrogen) atoms. The minimum Gasteiger partial charge on any atom is -0.367 e. The molecule has 1 N–H and O–H groups in total. The Bertz CT molecular complexity index is 518. The zero-order valence-corrected chi connectivity index (χ0v) is 14.5. The maximum Gasteiger partial charge on any atom is 0.245 e. The molecule has 0 spiro atoms. The lowest BCUT2D eigenvalue weighted by molar-refractivity contribution is -0.136. The molecule has 1 aliphatic heterocycles. The Labute approximate surface area is 141 Å². The molecule has 0 bridgehead atoms. The molecule has 1 atom stereocenters. The zero-order valence-electron chi connectivity index (χ0n) is 13.7. The number of hydrogen-bond donors (Lipinski definition) is 1. The van der Waals surface area contributed by atoms with Crippen molar-refractivity contribution in [3.8, 4) is 0 Å². The fourth-order valence-corrected chi connectivity index (χ4v) is 3.16.